The zero-order chi connectivity index (χ0) is 46.2. The lowest BCUT2D eigenvalue weighted by Gasteiger charge is -2.30. The highest BCUT2D eigenvalue weighted by Gasteiger charge is 2.44. The Morgan fingerprint density at radius 1 is 0.382 bits per heavy atom. The predicted octanol–water partition coefficient (Wildman–Crippen LogP) is 18.2. The van der Waals surface area contributed by atoms with Gasteiger partial charge in [0.15, 0.2) is 0 Å². The van der Waals surface area contributed by atoms with Crippen LogP contribution in [0.25, 0.3) is 88.4 Å². The van der Waals surface area contributed by atoms with E-state index in [0.717, 1.165) is 44.7 Å². The number of benzene rings is 9. The number of furan rings is 2. The van der Waals surface area contributed by atoms with Gasteiger partial charge in [-0.05, 0) is 158 Å². The van der Waals surface area contributed by atoms with Gasteiger partial charge in [0.05, 0.1) is 0 Å². The van der Waals surface area contributed by atoms with Gasteiger partial charge in [-0.15, -0.1) is 0 Å². The van der Waals surface area contributed by atoms with Crippen molar-refractivity contribution in [3.8, 4) is 44.5 Å². The molecule has 3 aliphatic rings. The molecule has 0 N–H and O–H groups in total. The average Bonchev–Trinajstić information content (AvgIpc) is 4.08. The van der Waals surface area contributed by atoms with E-state index in [1.807, 2.05) is 0 Å². The standard InChI is InChI=1S/C65H51NO2/c1-36-16-15-18-38(30-36)45-33-53-58(61-44-20-11-14-23-56(44)68-62(45)61)42-27-25-40(32-50(42)65(53,7)8)66(54-21-12-9-17-37(54)2)39-24-26-41-46-34-52-47(35-51(46)64(5,6)49(41)31-39)59-48(63(52,3)4)28-29-57-60(59)43-19-10-13-22-55(43)67-57/h9-35H,1-8H3. The maximum absolute atomic E-state index is 6.82. The van der Waals surface area contributed by atoms with Crippen LogP contribution >= 0.6 is 0 Å². The van der Waals surface area contributed by atoms with E-state index in [-0.39, 0.29) is 16.2 Å². The third-order valence-corrected chi connectivity index (χ3v) is 16.4. The van der Waals surface area contributed by atoms with E-state index in [4.69, 9.17) is 8.83 Å². The number of anilines is 3. The summed E-state index contributed by atoms with van der Waals surface area (Å²) in [6, 6.07) is 61.1. The Bertz CT molecular complexity index is 4040. The van der Waals surface area contributed by atoms with Gasteiger partial charge in [-0.1, -0.05) is 144 Å². The van der Waals surface area contributed by atoms with E-state index >= 15 is 0 Å². The van der Waals surface area contributed by atoms with Crippen LogP contribution in [0.15, 0.2) is 173 Å². The van der Waals surface area contributed by atoms with Crippen molar-refractivity contribution in [1.82, 2.24) is 0 Å². The summed E-state index contributed by atoms with van der Waals surface area (Å²) in [7, 11) is 0. The monoisotopic (exact) mass is 877 g/mol. The van der Waals surface area contributed by atoms with Gasteiger partial charge < -0.3 is 13.7 Å². The molecule has 0 bridgehead atoms. The number of hydrogen-bond donors (Lipinski definition) is 0. The molecule has 0 atom stereocenters. The maximum atomic E-state index is 6.82. The van der Waals surface area contributed by atoms with E-state index in [2.05, 4.69) is 224 Å². The predicted molar refractivity (Wildman–Crippen MR) is 283 cm³/mol. The van der Waals surface area contributed by atoms with Crippen LogP contribution in [0.2, 0.25) is 0 Å². The Labute approximate surface area is 397 Å². The number of fused-ring (bicyclic) bond motifs is 17. The van der Waals surface area contributed by atoms with E-state index in [9.17, 15) is 0 Å². The highest BCUT2D eigenvalue weighted by atomic mass is 16.3. The minimum Gasteiger partial charge on any atom is -0.456 e. The molecule has 328 valence electrons. The summed E-state index contributed by atoms with van der Waals surface area (Å²) in [6.07, 6.45) is 0. The Balaban J connectivity index is 0.935. The van der Waals surface area contributed by atoms with Crippen LogP contribution in [0.5, 0.6) is 0 Å². The van der Waals surface area contributed by atoms with Crippen LogP contribution in [0, 0.1) is 13.8 Å². The lowest BCUT2D eigenvalue weighted by Crippen LogP contribution is -2.18. The molecule has 0 radical (unpaired) electrons. The van der Waals surface area contributed by atoms with Gasteiger partial charge in [0.25, 0.3) is 0 Å². The van der Waals surface area contributed by atoms with Gasteiger partial charge in [0.1, 0.15) is 22.3 Å². The van der Waals surface area contributed by atoms with Crippen molar-refractivity contribution < 1.29 is 8.83 Å². The molecule has 2 heterocycles. The van der Waals surface area contributed by atoms with Gasteiger partial charge >= 0.3 is 0 Å². The highest BCUT2D eigenvalue weighted by Crippen LogP contribution is 2.60. The molecular weight excluding hydrogens is 827 g/mol. The fraction of sp³-hybridized carbons (Fsp3) is 0.169. The lowest BCUT2D eigenvalue weighted by atomic mass is 9.79. The van der Waals surface area contributed by atoms with Crippen LogP contribution in [-0.2, 0) is 16.2 Å². The largest absolute Gasteiger partial charge is 0.456 e. The van der Waals surface area contributed by atoms with Crippen LogP contribution in [0.1, 0.15) is 86.1 Å². The van der Waals surface area contributed by atoms with Crippen molar-refractivity contribution in [1.29, 1.82) is 0 Å². The normalized spacial score (nSPS) is 15.4. The molecule has 2 aromatic heterocycles. The van der Waals surface area contributed by atoms with Gasteiger partial charge in [-0.2, -0.15) is 0 Å². The van der Waals surface area contributed by atoms with Gasteiger partial charge in [-0.3, -0.25) is 0 Å². The Hall–Kier alpha value is -7.62. The number of aryl methyl sites for hydroxylation is 2. The summed E-state index contributed by atoms with van der Waals surface area (Å²) < 4.78 is 13.3. The second-order valence-electron chi connectivity index (χ2n) is 21.4. The van der Waals surface area contributed by atoms with Gasteiger partial charge in [0, 0.05) is 60.4 Å². The number of para-hydroxylation sites is 3. The molecule has 0 saturated carbocycles. The molecule has 14 rings (SSSR count). The van der Waals surface area contributed by atoms with Crippen LogP contribution in [-0.4, -0.2) is 0 Å². The minimum atomic E-state index is -0.286. The summed E-state index contributed by atoms with van der Waals surface area (Å²) in [5.74, 6) is 0. The molecule has 0 amide bonds. The Kier molecular flexibility index (Phi) is 7.73. The molecule has 0 aliphatic heterocycles. The van der Waals surface area contributed by atoms with Crippen molar-refractivity contribution in [3.05, 3.63) is 208 Å². The average molecular weight is 878 g/mol. The van der Waals surface area contributed by atoms with Gasteiger partial charge in [-0.25, -0.2) is 0 Å². The van der Waals surface area contributed by atoms with Gasteiger partial charge in [0.2, 0.25) is 0 Å². The zero-order valence-electron chi connectivity index (χ0n) is 39.9. The molecule has 68 heavy (non-hydrogen) atoms. The molecule has 0 saturated heterocycles. The molecule has 11 aromatic rings. The van der Waals surface area contributed by atoms with Crippen molar-refractivity contribution in [2.24, 2.45) is 0 Å². The number of nitrogens with zero attached hydrogens (tertiary/aromatic N) is 1. The van der Waals surface area contributed by atoms with Crippen molar-refractivity contribution in [2.75, 3.05) is 4.90 Å². The van der Waals surface area contributed by atoms with E-state index < -0.39 is 0 Å². The number of hydrogen-bond acceptors (Lipinski definition) is 3. The molecule has 3 heteroatoms. The third-order valence-electron chi connectivity index (χ3n) is 16.4. The molecule has 0 spiro atoms. The second kappa shape index (κ2) is 13.3. The van der Waals surface area contributed by atoms with E-state index in [1.54, 1.807) is 0 Å². The molecular formula is C65H51NO2. The van der Waals surface area contributed by atoms with Crippen molar-refractivity contribution in [3.63, 3.8) is 0 Å². The fourth-order valence-corrected chi connectivity index (χ4v) is 12.9. The molecule has 0 fully saturated rings. The summed E-state index contributed by atoms with van der Waals surface area (Å²) in [4.78, 5) is 2.50. The summed E-state index contributed by atoms with van der Waals surface area (Å²) in [5, 5.41) is 4.77. The third kappa shape index (κ3) is 5.09. The Morgan fingerprint density at radius 2 is 0.956 bits per heavy atom. The molecule has 3 aliphatic carbocycles. The SMILES string of the molecule is Cc1cccc(-c2cc3c(c4c2oc2ccccc24)-c2ccc(N(c4ccc5c(c4)C(C)(C)c4cc6c(cc4-5)C(C)(C)c4ccc5oc7ccccc7c5c4-6)c4ccccc4C)cc2C3(C)C)c1. The minimum absolute atomic E-state index is 0.166. The zero-order valence-corrected chi connectivity index (χ0v) is 39.9. The lowest BCUT2D eigenvalue weighted by molar-refractivity contribution is 0.651. The van der Waals surface area contributed by atoms with E-state index in [1.165, 1.54) is 105 Å². The molecule has 9 aromatic carbocycles. The van der Waals surface area contributed by atoms with Crippen molar-refractivity contribution in [2.45, 2.75) is 71.6 Å². The number of rotatable bonds is 4. The van der Waals surface area contributed by atoms with Crippen LogP contribution in [0.4, 0.5) is 17.1 Å². The summed E-state index contributed by atoms with van der Waals surface area (Å²) >= 11 is 0. The quantitative estimate of drug-likeness (QED) is 0.176. The first-order chi connectivity index (χ1) is 32.8. The van der Waals surface area contributed by atoms with Crippen LogP contribution in [0.3, 0.4) is 0 Å². The van der Waals surface area contributed by atoms with E-state index in [0.29, 0.717) is 0 Å². The maximum Gasteiger partial charge on any atom is 0.143 e. The molecule has 3 nitrogen and oxygen atoms in total. The first-order valence-electron chi connectivity index (χ1n) is 24.2. The fourth-order valence-electron chi connectivity index (χ4n) is 12.9. The second-order valence-corrected chi connectivity index (χ2v) is 21.4. The highest BCUT2D eigenvalue weighted by molar-refractivity contribution is 6.19. The smallest absolute Gasteiger partial charge is 0.143 e. The summed E-state index contributed by atoms with van der Waals surface area (Å²) in [5.41, 5.74) is 27.3. The molecule has 0 unspecified atom stereocenters. The Morgan fingerprint density at radius 3 is 1.71 bits per heavy atom. The van der Waals surface area contributed by atoms with Crippen LogP contribution < -0.4 is 4.90 Å². The first kappa shape index (κ1) is 39.5. The van der Waals surface area contributed by atoms with Crippen molar-refractivity contribution >= 4 is 60.9 Å². The first-order valence-corrected chi connectivity index (χ1v) is 24.2. The topological polar surface area (TPSA) is 29.5 Å². The summed E-state index contributed by atoms with van der Waals surface area (Å²) in [6.45, 7) is 18.8.